The molecular weight excluding hydrogens is 781 g/mol. The zero-order valence-electron chi connectivity index (χ0n) is 35.0. The van der Waals surface area contributed by atoms with Gasteiger partial charge >= 0.3 is 12.2 Å². The number of nitrogens with zero attached hydrogens (tertiary/aromatic N) is 4. The lowest BCUT2D eigenvalue weighted by Gasteiger charge is -2.31. The molecule has 3 aliphatic heterocycles. The Bertz CT molecular complexity index is 2310. The van der Waals surface area contributed by atoms with Crippen LogP contribution in [0.5, 0.6) is 0 Å². The molecule has 8 rings (SSSR count). The first-order chi connectivity index (χ1) is 28.9. The van der Waals surface area contributed by atoms with Crippen LogP contribution in [0.4, 0.5) is 9.59 Å². The van der Waals surface area contributed by atoms with E-state index in [-0.39, 0.29) is 46.5 Å². The van der Waals surface area contributed by atoms with Crippen molar-refractivity contribution in [2.24, 2.45) is 22.2 Å². The molecule has 2 saturated heterocycles. The van der Waals surface area contributed by atoms with Gasteiger partial charge in [0, 0.05) is 18.8 Å². The normalized spacial score (nSPS) is 21.5. The largest absolute Gasteiger partial charge is 0.453 e. The molecule has 1 unspecified atom stereocenters. The number of nitrogens with one attached hydrogen (secondary N) is 4. The van der Waals surface area contributed by atoms with Gasteiger partial charge in [0.05, 0.1) is 44.7 Å². The Kier molecular flexibility index (Phi) is 11.5. The Balaban J connectivity index is 0.920. The quantitative estimate of drug-likeness (QED) is 0.129. The van der Waals surface area contributed by atoms with E-state index in [1.54, 1.807) is 22.9 Å². The molecule has 60 heavy (non-hydrogen) atoms. The maximum atomic E-state index is 13.9. The number of imidazole rings is 1. The lowest BCUT2D eigenvalue weighted by Crippen LogP contribution is -2.55. The van der Waals surface area contributed by atoms with Gasteiger partial charge in [0.25, 0.3) is 0 Å². The molecule has 4 amide bonds. The van der Waals surface area contributed by atoms with Crippen molar-refractivity contribution in [2.45, 2.75) is 76.5 Å². The average molecular weight is 835 g/mol. The van der Waals surface area contributed by atoms with Gasteiger partial charge in [0.1, 0.15) is 29.1 Å². The Morgan fingerprint density at radius 2 is 1.43 bits per heavy atom. The minimum atomic E-state index is -0.698. The molecule has 5 atom stereocenters. The zero-order chi connectivity index (χ0) is 42.3. The van der Waals surface area contributed by atoms with E-state index in [4.69, 9.17) is 14.5 Å². The second kappa shape index (κ2) is 16.8. The van der Waals surface area contributed by atoms with Gasteiger partial charge in [-0.15, -0.1) is 11.8 Å². The number of amidine groups is 1. The molecule has 0 radical (unpaired) electrons. The fourth-order valence-corrected chi connectivity index (χ4v) is 9.90. The molecule has 3 aromatic carbocycles. The number of hydrogen-bond donors (Lipinski definition) is 4. The van der Waals surface area contributed by atoms with Crippen LogP contribution in [0.15, 0.2) is 71.9 Å². The highest BCUT2D eigenvalue weighted by molar-refractivity contribution is 7.99. The number of aliphatic imine (C=N–C) groups is 1. The molecule has 316 valence electrons. The van der Waals surface area contributed by atoms with Gasteiger partial charge in [-0.25, -0.2) is 14.6 Å². The first-order valence-corrected chi connectivity index (χ1v) is 21.8. The van der Waals surface area contributed by atoms with E-state index in [0.717, 1.165) is 69.6 Å². The van der Waals surface area contributed by atoms with Gasteiger partial charge in [0.15, 0.2) is 0 Å². The van der Waals surface area contributed by atoms with Gasteiger partial charge in [-0.3, -0.25) is 14.6 Å². The topological polar surface area (TPSA) is 170 Å². The van der Waals surface area contributed by atoms with Crippen LogP contribution in [0.2, 0.25) is 0 Å². The summed E-state index contributed by atoms with van der Waals surface area (Å²) < 4.78 is 9.59. The Morgan fingerprint density at radius 1 is 0.817 bits per heavy atom. The van der Waals surface area contributed by atoms with Crippen LogP contribution in [-0.2, 0) is 19.1 Å². The van der Waals surface area contributed by atoms with Crippen LogP contribution < -0.4 is 16.0 Å². The van der Waals surface area contributed by atoms with E-state index in [0.29, 0.717) is 25.5 Å². The summed E-state index contributed by atoms with van der Waals surface area (Å²) in [5, 5.41) is 11.1. The molecule has 4 N–H and O–H groups in total. The maximum Gasteiger partial charge on any atom is 0.407 e. The minimum Gasteiger partial charge on any atom is -0.453 e. The lowest BCUT2D eigenvalue weighted by atomic mass is 9.97. The van der Waals surface area contributed by atoms with Crippen molar-refractivity contribution < 1.29 is 28.7 Å². The van der Waals surface area contributed by atoms with Gasteiger partial charge < -0.3 is 40.2 Å². The molecule has 0 bridgehead atoms. The third-order valence-corrected chi connectivity index (χ3v) is 13.6. The van der Waals surface area contributed by atoms with E-state index < -0.39 is 24.3 Å². The van der Waals surface area contributed by atoms with Crippen LogP contribution in [0.3, 0.4) is 0 Å². The summed E-state index contributed by atoms with van der Waals surface area (Å²) in [5.74, 6) is 1.87. The van der Waals surface area contributed by atoms with Crippen molar-refractivity contribution in [3.8, 4) is 22.4 Å². The highest BCUT2D eigenvalue weighted by atomic mass is 32.2. The van der Waals surface area contributed by atoms with E-state index in [1.807, 2.05) is 32.6 Å². The number of rotatable bonds is 11. The standard InChI is InChI=1S/C45H54N8O6S/c1-25(2)36(50-43(56)58-5)40(54)52-17-18-60-42(52)39-47-22-33(49-39)28-9-7-27(8-10-28)29-11-12-31-20-32(14-13-30(31)19-29)34-23-46-38(48-34)35-21-45(15-16-45)24-53(35)41(55)37(26(3)4)51-44(57)59-6/h7-14,19-20,22,25-26,34-37,42H,15-18,21,23-24H2,1-6H3,(H,46,48)(H,47,49)(H,50,56)(H,51,57)/t34?,35-,36-,37-,42-/m0/s1. The number of alkyl carbamates (subject to hydrolysis) is 2. The smallest absolute Gasteiger partial charge is 0.407 e. The third kappa shape index (κ3) is 8.28. The Morgan fingerprint density at radius 3 is 2.08 bits per heavy atom. The zero-order valence-corrected chi connectivity index (χ0v) is 35.8. The summed E-state index contributed by atoms with van der Waals surface area (Å²) in [7, 11) is 2.60. The monoisotopic (exact) mass is 834 g/mol. The summed E-state index contributed by atoms with van der Waals surface area (Å²) >= 11 is 1.65. The predicted molar refractivity (Wildman–Crippen MR) is 232 cm³/mol. The summed E-state index contributed by atoms with van der Waals surface area (Å²) in [6.45, 7) is 9.50. The summed E-state index contributed by atoms with van der Waals surface area (Å²) in [4.78, 5) is 68.4. The summed E-state index contributed by atoms with van der Waals surface area (Å²) in [6, 6.07) is 19.9. The number of aromatic amines is 1. The van der Waals surface area contributed by atoms with Crippen LogP contribution in [-0.4, -0.2) is 107 Å². The number of thioether (sulfide) groups is 1. The van der Waals surface area contributed by atoms with Crippen molar-refractivity contribution in [3.05, 3.63) is 78.2 Å². The number of ether oxygens (including phenoxy) is 2. The highest BCUT2D eigenvalue weighted by Crippen LogP contribution is 2.55. The van der Waals surface area contributed by atoms with E-state index in [2.05, 4.69) is 86.6 Å². The third-order valence-electron chi connectivity index (χ3n) is 12.4. The first-order valence-electron chi connectivity index (χ1n) is 20.8. The molecule has 1 aliphatic carbocycles. The molecule has 1 saturated carbocycles. The average Bonchev–Trinajstić information content (AvgIpc) is 3.79. The van der Waals surface area contributed by atoms with Crippen LogP contribution in [0, 0.1) is 17.3 Å². The number of amides is 4. The fourth-order valence-electron chi connectivity index (χ4n) is 8.71. The molecule has 14 nitrogen and oxygen atoms in total. The van der Waals surface area contributed by atoms with Crippen molar-refractivity contribution in [1.82, 2.24) is 35.7 Å². The van der Waals surface area contributed by atoms with Gasteiger partial charge in [-0.2, -0.15) is 0 Å². The predicted octanol–water partition coefficient (Wildman–Crippen LogP) is 6.66. The van der Waals surface area contributed by atoms with Crippen LogP contribution in [0.25, 0.3) is 33.2 Å². The van der Waals surface area contributed by atoms with E-state index >= 15 is 0 Å². The first kappa shape index (κ1) is 41.2. The van der Waals surface area contributed by atoms with E-state index in [9.17, 15) is 19.2 Å². The van der Waals surface area contributed by atoms with Crippen molar-refractivity contribution in [2.75, 3.05) is 39.6 Å². The number of fused-ring (bicyclic) bond motifs is 1. The number of H-pyrrole nitrogens is 1. The number of benzene rings is 3. The van der Waals surface area contributed by atoms with Crippen molar-refractivity contribution in [3.63, 3.8) is 0 Å². The van der Waals surface area contributed by atoms with Crippen molar-refractivity contribution in [1.29, 1.82) is 0 Å². The molecule has 4 heterocycles. The molecule has 1 aromatic heterocycles. The number of carbonyl (C=O) groups excluding carboxylic acids is 4. The second-order valence-corrected chi connectivity index (χ2v) is 18.3. The SMILES string of the molecule is COC(=O)N[C@H](C(=O)N1CC2(CC2)C[C@H]1C1=NCC(c2ccc3cc(-c4ccc(-c5cnc([C@@H]6SCCN6C(=O)[C@@H](NC(=O)OC)C(C)C)[nH]5)cc4)ccc3c2)N1)C(C)C. The Hall–Kier alpha value is -5.57. The number of hydrogen-bond acceptors (Lipinski definition) is 10. The van der Waals surface area contributed by atoms with Crippen LogP contribution >= 0.6 is 11.8 Å². The fraction of sp³-hybridized carbons (Fsp3) is 0.467. The Labute approximate surface area is 354 Å². The van der Waals surface area contributed by atoms with Gasteiger partial charge in [0.2, 0.25) is 11.8 Å². The highest BCUT2D eigenvalue weighted by Gasteiger charge is 2.56. The molecule has 4 aromatic rings. The molecular formula is C45H54N8O6S. The summed E-state index contributed by atoms with van der Waals surface area (Å²) in [6.07, 6.45) is 3.66. The number of carbonyl (C=O) groups is 4. The van der Waals surface area contributed by atoms with E-state index in [1.165, 1.54) is 14.2 Å². The lowest BCUT2D eigenvalue weighted by molar-refractivity contribution is -0.135. The molecule has 15 heteroatoms. The van der Waals surface area contributed by atoms with Crippen molar-refractivity contribution >= 4 is 52.4 Å². The minimum absolute atomic E-state index is 0.00206. The van der Waals surface area contributed by atoms with Gasteiger partial charge in [-0.1, -0.05) is 76.2 Å². The number of methoxy groups -OCH3 is 2. The molecule has 3 fully saturated rings. The second-order valence-electron chi connectivity index (χ2n) is 17.2. The number of aromatic nitrogens is 2. The van der Waals surface area contributed by atoms with Gasteiger partial charge in [-0.05, 0) is 81.7 Å². The van der Waals surface area contributed by atoms with Crippen LogP contribution in [0.1, 0.15) is 69.8 Å². The number of likely N-dealkylation sites (tertiary alicyclic amines) is 1. The molecule has 1 spiro atoms. The summed E-state index contributed by atoms with van der Waals surface area (Å²) in [5.41, 5.74) is 5.32. The maximum absolute atomic E-state index is 13.9. The molecule has 4 aliphatic rings.